The first kappa shape index (κ1) is 15.3. The van der Waals surface area contributed by atoms with Crippen molar-refractivity contribution in [2.24, 2.45) is 0 Å². The molecule has 7 heteroatoms. The lowest BCUT2D eigenvalue weighted by Gasteiger charge is -2.06. The minimum absolute atomic E-state index is 0.0216. The number of nitriles is 1. The van der Waals surface area contributed by atoms with Gasteiger partial charge in [-0.25, -0.2) is 9.37 Å². The van der Waals surface area contributed by atoms with E-state index in [1.165, 1.54) is 12.1 Å². The van der Waals surface area contributed by atoms with Crippen molar-refractivity contribution in [3.63, 3.8) is 0 Å². The average molecular weight is 322 g/mol. The molecule has 0 aliphatic carbocycles. The van der Waals surface area contributed by atoms with E-state index in [1.807, 2.05) is 6.07 Å². The second kappa shape index (κ2) is 7.07. The molecule has 2 aromatic rings. The topological polar surface area (TPSA) is 65.8 Å². The highest BCUT2D eigenvalue weighted by molar-refractivity contribution is 8.00. The molecule has 2 rings (SSSR count). The van der Waals surface area contributed by atoms with Crippen molar-refractivity contribution in [1.82, 2.24) is 4.98 Å². The number of thioether (sulfide) groups is 1. The Morgan fingerprint density at radius 2 is 2.29 bits per heavy atom. The van der Waals surface area contributed by atoms with Crippen LogP contribution < -0.4 is 5.32 Å². The molecule has 21 heavy (non-hydrogen) atoms. The minimum Gasteiger partial charge on any atom is -0.323 e. The molecule has 1 amide bonds. The second-order valence-electron chi connectivity index (χ2n) is 3.93. The summed E-state index contributed by atoms with van der Waals surface area (Å²) < 4.78 is 13.5. The van der Waals surface area contributed by atoms with Crippen LogP contribution in [0.3, 0.4) is 0 Å². The van der Waals surface area contributed by atoms with Crippen molar-refractivity contribution in [2.45, 2.75) is 5.03 Å². The van der Waals surface area contributed by atoms with Crippen LogP contribution in [0.25, 0.3) is 0 Å². The average Bonchev–Trinajstić information content (AvgIpc) is 2.48. The van der Waals surface area contributed by atoms with Gasteiger partial charge in [0.1, 0.15) is 16.9 Å². The second-order valence-corrected chi connectivity index (χ2v) is 5.33. The third-order valence-electron chi connectivity index (χ3n) is 2.44. The van der Waals surface area contributed by atoms with Gasteiger partial charge in [0.25, 0.3) is 0 Å². The summed E-state index contributed by atoms with van der Waals surface area (Å²) >= 11 is 6.75. The molecule has 0 spiro atoms. The van der Waals surface area contributed by atoms with Crippen molar-refractivity contribution >= 4 is 35.0 Å². The Bertz CT molecular complexity index is 718. The number of carbonyl (C=O) groups excluding carboxylic acids is 1. The summed E-state index contributed by atoms with van der Waals surface area (Å²) in [7, 11) is 0. The first-order valence-corrected chi connectivity index (χ1v) is 7.19. The molecule has 1 aromatic carbocycles. The van der Waals surface area contributed by atoms with Gasteiger partial charge in [0.2, 0.25) is 5.91 Å². The number of carbonyl (C=O) groups is 1. The van der Waals surface area contributed by atoms with E-state index in [-0.39, 0.29) is 16.5 Å². The fourth-order valence-electron chi connectivity index (χ4n) is 1.50. The fraction of sp³-hybridized carbons (Fsp3) is 0.0714. The van der Waals surface area contributed by atoms with Gasteiger partial charge in [-0.2, -0.15) is 5.26 Å². The summed E-state index contributed by atoms with van der Waals surface area (Å²) in [6, 6.07) is 9.25. The number of anilines is 1. The lowest BCUT2D eigenvalue weighted by molar-refractivity contribution is -0.113. The van der Waals surface area contributed by atoms with Gasteiger partial charge >= 0.3 is 0 Å². The quantitative estimate of drug-likeness (QED) is 0.876. The number of nitrogens with zero attached hydrogens (tertiary/aromatic N) is 2. The van der Waals surface area contributed by atoms with Crippen LogP contribution in [0.2, 0.25) is 5.02 Å². The number of benzene rings is 1. The summed E-state index contributed by atoms with van der Waals surface area (Å²) in [6.45, 7) is 0. The van der Waals surface area contributed by atoms with Crippen LogP contribution in [0.4, 0.5) is 10.1 Å². The maximum absolute atomic E-state index is 13.5. The molecule has 0 unspecified atom stereocenters. The van der Waals surface area contributed by atoms with Gasteiger partial charge in [-0.1, -0.05) is 23.4 Å². The van der Waals surface area contributed by atoms with Crippen LogP contribution in [0.15, 0.2) is 41.6 Å². The van der Waals surface area contributed by atoms with Gasteiger partial charge in [0, 0.05) is 11.2 Å². The summed E-state index contributed by atoms with van der Waals surface area (Å²) in [4.78, 5) is 15.8. The number of hydrogen-bond donors (Lipinski definition) is 1. The first-order valence-electron chi connectivity index (χ1n) is 5.83. The maximum Gasteiger partial charge on any atom is 0.234 e. The zero-order valence-corrected chi connectivity index (χ0v) is 12.2. The number of hydrogen-bond acceptors (Lipinski definition) is 4. The summed E-state index contributed by atoms with van der Waals surface area (Å²) in [5.41, 5.74) is 0.458. The molecule has 0 saturated carbocycles. The van der Waals surface area contributed by atoms with Crippen molar-refractivity contribution in [3.05, 3.63) is 52.9 Å². The lowest BCUT2D eigenvalue weighted by atomic mass is 10.3. The molecule has 0 atom stereocenters. The monoisotopic (exact) mass is 321 g/mol. The fourth-order valence-corrected chi connectivity index (χ4v) is 2.41. The van der Waals surface area contributed by atoms with Crippen LogP contribution >= 0.6 is 23.4 Å². The molecular formula is C14H9ClFN3OS. The van der Waals surface area contributed by atoms with Crippen LogP contribution in [0, 0.1) is 17.1 Å². The highest BCUT2D eigenvalue weighted by atomic mass is 35.5. The van der Waals surface area contributed by atoms with Gasteiger partial charge < -0.3 is 5.32 Å². The third-order valence-corrected chi connectivity index (χ3v) is 3.68. The zero-order chi connectivity index (χ0) is 15.2. The highest BCUT2D eigenvalue weighted by Gasteiger charge is 2.10. The number of pyridine rings is 1. The smallest absolute Gasteiger partial charge is 0.234 e. The Morgan fingerprint density at radius 3 is 3.00 bits per heavy atom. The van der Waals surface area contributed by atoms with Gasteiger partial charge in [-0.15, -0.1) is 0 Å². The van der Waals surface area contributed by atoms with Crippen molar-refractivity contribution < 1.29 is 9.18 Å². The predicted molar refractivity (Wildman–Crippen MR) is 79.7 cm³/mol. The molecule has 0 aliphatic heterocycles. The summed E-state index contributed by atoms with van der Waals surface area (Å²) in [6.07, 6.45) is 1.54. The molecule has 106 valence electrons. The Morgan fingerprint density at radius 1 is 1.48 bits per heavy atom. The normalized spacial score (nSPS) is 9.95. The van der Waals surface area contributed by atoms with E-state index in [2.05, 4.69) is 10.3 Å². The van der Waals surface area contributed by atoms with E-state index in [4.69, 9.17) is 16.9 Å². The molecule has 1 heterocycles. The first-order chi connectivity index (χ1) is 10.1. The van der Waals surface area contributed by atoms with Gasteiger partial charge in [0.15, 0.2) is 0 Å². The molecule has 0 aliphatic rings. The molecule has 1 N–H and O–H groups in total. The van der Waals surface area contributed by atoms with Crippen molar-refractivity contribution in [2.75, 3.05) is 11.1 Å². The molecule has 4 nitrogen and oxygen atoms in total. The van der Waals surface area contributed by atoms with Gasteiger partial charge in [-0.3, -0.25) is 4.79 Å². The number of halogens is 2. The summed E-state index contributed by atoms with van der Waals surface area (Å²) in [5, 5.41) is 12.1. The molecule has 0 fully saturated rings. The van der Waals surface area contributed by atoms with Crippen LogP contribution in [-0.4, -0.2) is 16.6 Å². The van der Waals surface area contributed by atoms with E-state index in [0.29, 0.717) is 10.6 Å². The number of amides is 1. The molecule has 0 radical (unpaired) electrons. The summed E-state index contributed by atoms with van der Waals surface area (Å²) in [5.74, 6) is -0.972. The largest absolute Gasteiger partial charge is 0.323 e. The highest BCUT2D eigenvalue weighted by Crippen LogP contribution is 2.21. The van der Waals surface area contributed by atoms with Crippen molar-refractivity contribution in [1.29, 1.82) is 5.26 Å². The van der Waals surface area contributed by atoms with E-state index in [0.717, 1.165) is 17.8 Å². The predicted octanol–water partition coefficient (Wildman–Crippen LogP) is 3.48. The Kier molecular flexibility index (Phi) is 5.14. The van der Waals surface area contributed by atoms with E-state index >= 15 is 0 Å². The van der Waals surface area contributed by atoms with Crippen LogP contribution in [0.5, 0.6) is 0 Å². The number of nitrogens with one attached hydrogen (secondary N) is 1. The Balaban J connectivity index is 1.98. The third kappa shape index (κ3) is 4.18. The molecule has 0 bridgehead atoms. The van der Waals surface area contributed by atoms with Crippen LogP contribution in [-0.2, 0) is 4.79 Å². The maximum atomic E-state index is 13.5. The van der Waals surface area contributed by atoms with Gasteiger partial charge in [-0.05, 0) is 30.3 Å². The van der Waals surface area contributed by atoms with E-state index in [1.54, 1.807) is 18.3 Å². The van der Waals surface area contributed by atoms with Crippen molar-refractivity contribution in [3.8, 4) is 6.07 Å². The van der Waals surface area contributed by atoms with Gasteiger partial charge in [0.05, 0.1) is 17.0 Å². The Hall–Kier alpha value is -2.10. The zero-order valence-electron chi connectivity index (χ0n) is 10.6. The standard InChI is InChI=1S/C14H9ClFN3OS/c15-10-3-4-12(11(16)6-10)19-13(20)8-21-14-9(7-17)2-1-5-18-14/h1-6H,8H2,(H,19,20). The SMILES string of the molecule is N#Cc1cccnc1SCC(=O)Nc1ccc(Cl)cc1F. The lowest BCUT2D eigenvalue weighted by Crippen LogP contribution is -2.15. The molecule has 1 aromatic heterocycles. The molecule has 0 saturated heterocycles. The van der Waals surface area contributed by atoms with E-state index in [9.17, 15) is 9.18 Å². The number of aromatic nitrogens is 1. The Labute approximate surface area is 129 Å². The molecular weight excluding hydrogens is 313 g/mol. The van der Waals surface area contributed by atoms with Crippen LogP contribution in [0.1, 0.15) is 5.56 Å². The number of rotatable bonds is 4. The van der Waals surface area contributed by atoms with E-state index < -0.39 is 11.7 Å². The minimum atomic E-state index is -0.601.